The summed E-state index contributed by atoms with van der Waals surface area (Å²) in [6.07, 6.45) is 2.14. The number of halogens is 1. The molecule has 0 unspecified atom stereocenters. The lowest BCUT2D eigenvalue weighted by Crippen LogP contribution is -2.44. The van der Waals surface area contributed by atoms with Crippen LogP contribution in [0.15, 0.2) is 24.3 Å². The number of benzene rings is 1. The maximum absolute atomic E-state index is 12.4. The Kier molecular flexibility index (Phi) is 4.61. The Hall–Kier alpha value is -0.620. The fourth-order valence-corrected chi connectivity index (χ4v) is 3.01. The van der Waals surface area contributed by atoms with Crippen molar-refractivity contribution in [2.75, 3.05) is 27.2 Å². The molecule has 2 rings (SSSR count). The first kappa shape index (κ1) is 13.8. The predicted molar refractivity (Wildman–Crippen MR) is 81.8 cm³/mol. The molecule has 0 saturated carbocycles. The molecule has 1 amide bonds. The Bertz CT molecular complexity index is 426. The van der Waals surface area contributed by atoms with Gasteiger partial charge in [-0.05, 0) is 61.7 Å². The highest BCUT2D eigenvalue weighted by atomic mass is 127. The molecule has 0 radical (unpaired) electrons. The Morgan fingerprint density at radius 1 is 1.28 bits per heavy atom. The monoisotopic (exact) mass is 358 g/mol. The summed E-state index contributed by atoms with van der Waals surface area (Å²) in [4.78, 5) is 16.6. The lowest BCUT2D eigenvalue weighted by molar-refractivity contribution is 0.0662. The van der Waals surface area contributed by atoms with Gasteiger partial charge in [-0.3, -0.25) is 4.79 Å². The van der Waals surface area contributed by atoms with Gasteiger partial charge in [0.1, 0.15) is 0 Å². The highest BCUT2D eigenvalue weighted by Gasteiger charge is 2.25. The Morgan fingerprint density at radius 3 is 2.44 bits per heavy atom. The molecule has 98 valence electrons. The van der Waals surface area contributed by atoms with E-state index in [-0.39, 0.29) is 5.91 Å². The van der Waals surface area contributed by atoms with E-state index in [2.05, 4.69) is 41.6 Å². The van der Waals surface area contributed by atoms with Gasteiger partial charge in [0.25, 0.3) is 5.91 Å². The van der Waals surface area contributed by atoms with E-state index in [1.54, 1.807) is 0 Å². The van der Waals surface area contributed by atoms with Gasteiger partial charge in [0.15, 0.2) is 0 Å². The molecule has 0 N–H and O–H groups in total. The molecule has 1 heterocycles. The topological polar surface area (TPSA) is 23.6 Å². The summed E-state index contributed by atoms with van der Waals surface area (Å²) in [5.74, 6) is 0.178. The largest absolute Gasteiger partial charge is 0.338 e. The minimum absolute atomic E-state index is 0.178. The Balaban J connectivity index is 2.02. The van der Waals surface area contributed by atoms with Crippen molar-refractivity contribution in [1.82, 2.24) is 9.80 Å². The molecule has 0 aliphatic carbocycles. The zero-order valence-electron chi connectivity index (χ0n) is 10.9. The van der Waals surface area contributed by atoms with Crippen molar-refractivity contribution in [2.24, 2.45) is 0 Å². The van der Waals surface area contributed by atoms with E-state index < -0.39 is 0 Å². The van der Waals surface area contributed by atoms with Crippen LogP contribution >= 0.6 is 22.6 Å². The molecule has 0 bridgehead atoms. The molecule has 0 aromatic heterocycles. The number of nitrogens with zero attached hydrogens (tertiary/aromatic N) is 2. The number of piperidine rings is 1. The van der Waals surface area contributed by atoms with Crippen molar-refractivity contribution < 1.29 is 4.79 Å². The van der Waals surface area contributed by atoms with Gasteiger partial charge in [0.05, 0.1) is 5.56 Å². The van der Waals surface area contributed by atoms with Crippen molar-refractivity contribution in [3.05, 3.63) is 33.4 Å². The zero-order valence-corrected chi connectivity index (χ0v) is 13.1. The van der Waals surface area contributed by atoms with Gasteiger partial charge in [0, 0.05) is 22.7 Å². The quantitative estimate of drug-likeness (QED) is 0.759. The van der Waals surface area contributed by atoms with E-state index >= 15 is 0 Å². The van der Waals surface area contributed by atoms with E-state index in [4.69, 9.17) is 0 Å². The normalized spacial score (nSPS) is 17.2. The fraction of sp³-hybridized carbons (Fsp3) is 0.500. The molecule has 0 atom stereocenters. The van der Waals surface area contributed by atoms with Gasteiger partial charge in [-0.15, -0.1) is 0 Å². The van der Waals surface area contributed by atoms with Crippen molar-refractivity contribution >= 4 is 28.5 Å². The average Bonchev–Trinajstić information content (AvgIpc) is 2.38. The summed E-state index contributed by atoms with van der Waals surface area (Å²) < 4.78 is 1.04. The third-order valence-electron chi connectivity index (χ3n) is 3.59. The number of hydrogen-bond acceptors (Lipinski definition) is 2. The standard InChI is InChI=1S/C14H19IN2O/c1-16(2)11-7-9-17(10-8-11)14(18)12-5-3-4-6-13(12)15/h3-6,11H,7-10H2,1-2H3. The number of carbonyl (C=O) groups is 1. The van der Waals surface area contributed by atoms with Crippen LogP contribution in [-0.2, 0) is 0 Å². The number of rotatable bonds is 2. The molecule has 0 spiro atoms. The maximum atomic E-state index is 12.4. The van der Waals surface area contributed by atoms with Crippen LogP contribution in [-0.4, -0.2) is 48.9 Å². The summed E-state index contributed by atoms with van der Waals surface area (Å²) in [5.41, 5.74) is 0.835. The zero-order chi connectivity index (χ0) is 13.1. The molecule has 1 fully saturated rings. The van der Waals surface area contributed by atoms with Crippen molar-refractivity contribution in [3.8, 4) is 0 Å². The van der Waals surface area contributed by atoms with Crippen molar-refractivity contribution in [2.45, 2.75) is 18.9 Å². The highest BCUT2D eigenvalue weighted by Crippen LogP contribution is 2.19. The molecule has 1 saturated heterocycles. The molecular weight excluding hydrogens is 339 g/mol. The van der Waals surface area contributed by atoms with Crippen LogP contribution in [0.4, 0.5) is 0 Å². The number of likely N-dealkylation sites (tertiary alicyclic amines) is 1. The Labute approximate surface area is 122 Å². The van der Waals surface area contributed by atoms with Crippen LogP contribution in [0.2, 0.25) is 0 Å². The van der Waals surface area contributed by atoms with E-state index in [0.29, 0.717) is 6.04 Å². The smallest absolute Gasteiger partial charge is 0.254 e. The molecule has 1 aromatic carbocycles. The van der Waals surface area contributed by atoms with Gasteiger partial charge in [-0.2, -0.15) is 0 Å². The van der Waals surface area contributed by atoms with Crippen LogP contribution in [0.5, 0.6) is 0 Å². The van der Waals surface area contributed by atoms with Crippen LogP contribution in [0, 0.1) is 3.57 Å². The summed E-state index contributed by atoms with van der Waals surface area (Å²) >= 11 is 2.23. The van der Waals surface area contributed by atoms with Crippen LogP contribution in [0.25, 0.3) is 0 Å². The molecular formula is C14H19IN2O. The maximum Gasteiger partial charge on any atom is 0.254 e. The second kappa shape index (κ2) is 6.02. The minimum Gasteiger partial charge on any atom is -0.338 e. The summed E-state index contributed by atoms with van der Waals surface area (Å²) in [6.45, 7) is 1.74. The van der Waals surface area contributed by atoms with Gasteiger partial charge in [-0.1, -0.05) is 12.1 Å². The van der Waals surface area contributed by atoms with Gasteiger partial charge < -0.3 is 9.80 Å². The molecule has 3 nitrogen and oxygen atoms in total. The number of amides is 1. The van der Waals surface area contributed by atoms with E-state index in [9.17, 15) is 4.79 Å². The minimum atomic E-state index is 0.178. The summed E-state index contributed by atoms with van der Waals surface area (Å²) in [7, 11) is 4.23. The van der Waals surface area contributed by atoms with Gasteiger partial charge in [0.2, 0.25) is 0 Å². The van der Waals surface area contributed by atoms with Crippen LogP contribution in [0.3, 0.4) is 0 Å². The first-order valence-corrected chi connectivity index (χ1v) is 7.37. The molecule has 1 aliphatic heterocycles. The fourth-order valence-electron chi connectivity index (χ4n) is 2.39. The number of hydrogen-bond donors (Lipinski definition) is 0. The van der Waals surface area contributed by atoms with Crippen molar-refractivity contribution in [3.63, 3.8) is 0 Å². The van der Waals surface area contributed by atoms with Crippen LogP contribution in [0.1, 0.15) is 23.2 Å². The Morgan fingerprint density at radius 2 is 1.89 bits per heavy atom. The number of carbonyl (C=O) groups excluding carboxylic acids is 1. The van der Waals surface area contributed by atoms with E-state index in [1.807, 2.05) is 29.2 Å². The summed E-state index contributed by atoms with van der Waals surface area (Å²) in [5, 5.41) is 0. The first-order chi connectivity index (χ1) is 8.59. The average molecular weight is 358 g/mol. The third kappa shape index (κ3) is 3.03. The second-order valence-corrected chi connectivity index (χ2v) is 6.13. The lowest BCUT2D eigenvalue weighted by atomic mass is 10.0. The first-order valence-electron chi connectivity index (χ1n) is 6.30. The third-order valence-corrected chi connectivity index (χ3v) is 4.53. The van der Waals surface area contributed by atoms with Gasteiger partial charge >= 0.3 is 0 Å². The SMILES string of the molecule is CN(C)C1CCN(C(=O)c2ccccc2I)CC1. The van der Waals surface area contributed by atoms with Crippen molar-refractivity contribution in [1.29, 1.82) is 0 Å². The molecule has 1 aliphatic rings. The van der Waals surface area contributed by atoms with E-state index in [1.165, 1.54) is 0 Å². The van der Waals surface area contributed by atoms with Crippen LogP contribution < -0.4 is 0 Å². The second-order valence-electron chi connectivity index (χ2n) is 4.97. The van der Waals surface area contributed by atoms with E-state index in [0.717, 1.165) is 35.1 Å². The lowest BCUT2D eigenvalue weighted by Gasteiger charge is -2.35. The predicted octanol–water partition coefficient (Wildman–Crippen LogP) is 2.46. The highest BCUT2D eigenvalue weighted by molar-refractivity contribution is 14.1. The van der Waals surface area contributed by atoms with Gasteiger partial charge in [-0.25, -0.2) is 0 Å². The molecule has 18 heavy (non-hydrogen) atoms. The molecule has 4 heteroatoms. The molecule has 1 aromatic rings. The summed E-state index contributed by atoms with van der Waals surface area (Å²) in [6, 6.07) is 8.42.